The number of nitrogens with one attached hydrogen (secondary N) is 1. The second kappa shape index (κ2) is 6.48. The highest BCUT2D eigenvalue weighted by molar-refractivity contribution is 5.91. The molecular formula is C23H21NO. The number of aromatic nitrogens is 1. The lowest BCUT2D eigenvalue weighted by Gasteiger charge is -2.08. The van der Waals surface area contributed by atoms with Gasteiger partial charge in [-0.25, -0.2) is 0 Å². The highest BCUT2D eigenvalue weighted by atomic mass is 16.5. The van der Waals surface area contributed by atoms with Crippen LogP contribution in [0.5, 0.6) is 5.75 Å². The molecular weight excluding hydrogens is 306 g/mol. The molecule has 2 heteroatoms. The molecule has 2 nitrogen and oxygen atoms in total. The number of fused-ring (bicyclic) bond motifs is 1. The quantitative estimate of drug-likeness (QED) is 0.486. The molecule has 0 unspecified atom stereocenters. The minimum absolute atomic E-state index is 0.579. The fourth-order valence-corrected chi connectivity index (χ4v) is 3.21. The predicted octanol–water partition coefficient (Wildman–Crippen LogP) is 6.03. The molecule has 0 saturated carbocycles. The van der Waals surface area contributed by atoms with Crippen LogP contribution in [0.25, 0.3) is 22.2 Å². The van der Waals surface area contributed by atoms with Crippen LogP contribution >= 0.6 is 0 Å². The molecule has 0 amide bonds. The van der Waals surface area contributed by atoms with Gasteiger partial charge in [0, 0.05) is 22.2 Å². The van der Waals surface area contributed by atoms with Gasteiger partial charge in [-0.05, 0) is 49.2 Å². The molecule has 0 bridgehead atoms. The van der Waals surface area contributed by atoms with Crippen LogP contribution in [0.15, 0.2) is 72.8 Å². The van der Waals surface area contributed by atoms with Crippen LogP contribution < -0.4 is 4.74 Å². The van der Waals surface area contributed by atoms with E-state index in [1.54, 1.807) is 0 Å². The standard InChI is InChI=1S/C23H21NO/c1-16-11-12-22-21(13-16)17(2)23(24-22)19-9-6-10-20(14-19)25-15-18-7-4-3-5-8-18/h3-14,24H,15H2,1-2H3. The van der Waals surface area contributed by atoms with Gasteiger partial charge in [-0.15, -0.1) is 0 Å². The molecule has 1 aromatic heterocycles. The van der Waals surface area contributed by atoms with E-state index >= 15 is 0 Å². The predicted molar refractivity (Wildman–Crippen MR) is 104 cm³/mol. The Bertz CT molecular complexity index is 1010. The molecule has 4 aromatic rings. The van der Waals surface area contributed by atoms with E-state index in [9.17, 15) is 0 Å². The van der Waals surface area contributed by atoms with Crippen molar-refractivity contribution in [2.45, 2.75) is 20.5 Å². The van der Waals surface area contributed by atoms with Crippen molar-refractivity contribution >= 4 is 10.9 Å². The number of hydrogen-bond acceptors (Lipinski definition) is 1. The average Bonchev–Trinajstić information content (AvgIpc) is 2.97. The minimum atomic E-state index is 0.579. The highest BCUT2D eigenvalue weighted by Gasteiger charge is 2.10. The van der Waals surface area contributed by atoms with Crippen molar-refractivity contribution in [1.82, 2.24) is 4.98 Å². The summed E-state index contributed by atoms with van der Waals surface area (Å²) in [6, 6.07) is 25.1. The normalized spacial score (nSPS) is 11.0. The maximum Gasteiger partial charge on any atom is 0.120 e. The van der Waals surface area contributed by atoms with E-state index < -0.39 is 0 Å². The van der Waals surface area contributed by atoms with E-state index in [1.807, 2.05) is 30.3 Å². The topological polar surface area (TPSA) is 25.0 Å². The largest absolute Gasteiger partial charge is 0.489 e. The molecule has 0 fully saturated rings. The van der Waals surface area contributed by atoms with Gasteiger partial charge < -0.3 is 9.72 Å². The molecule has 25 heavy (non-hydrogen) atoms. The monoisotopic (exact) mass is 327 g/mol. The van der Waals surface area contributed by atoms with Crippen molar-refractivity contribution in [2.24, 2.45) is 0 Å². The Morgan fingerprint density at radius 2 is 1.68 bits per heavy atom. The van der Waals surface area contributed by atoms with Gasteiger partial charge in [0.15, 0.2) is 0 Å². The molecule has 0 radical (unpaired) electrons. The molecule has 1 N–H and O–H groups in total. The zero-order valence-electron chi connectivity index (χ0n) is 14.5. The first-order valence-electron chi connectivity index (χ1n) is 8.57. The van der Waals surface area contributed by atoms with Crippen molar-refractivity contribution in [3.8, 4) is 17.0 Å². The van der Waals surface area contributed by atoms with Gasteiger partial charge in [0.2, 0.25) is 0 Å². The second-order valence-electron chi connectivity index (χ2n) is 6.48. The Hall–Kier alpha value is -3.00. The van der Waals surface area contributed by atoms with Crippen molar-refractivity contribution in [2.75, 3.05) is 0 Å². The summed E-state index contributed by atoms with van der Waals surface area (Å²) < 4.78 is 5.97. The molecule has 0 saturated heterocycles. The molecule has 0 aliphatic heterocycles. The summed E-state index contributed by atoms with van der Waals surface area (Å²) >= 11 is 0. The van der Waals surface area contributed by atoms with Gasteiger partial charge in [0.1, 0.15) is 12.4 Å². The average molecular weight is 327 g/mol. The number of ether oxygens (including phenoxy) is 1. The van der Waals surface area contributed by atoms with Gasteiger partial charge in [0.25, 0.3) is 0 Å². The van der Waals surface area contributed by atoms with E-state index in [1.165, 1.54) is 27.6 Å². The Balaban J connectivity index is 1.64. The van der Waals surface area contributed by atoms with Crippen LogP contribution in [0.2, 0.25) is 0 Å². The second-order valence-corrected chi connectivity index (χ2v) is 6.48. The molecule has 0 atom stereocenters. The number of H-pyrrole nitrogens is 1. The summed E-state index contributed by atoms with van der Waals surface area (Å²) in [6.07, 6.45) is 0. The Labute approximate surface area is 148 Å². The van der Waals surface area contributed by atoms with Gasteiger partial charge in [-0.2, -0.15) is 0 Å². The third kappa shape index (κ3) is 3.16. The smallest absolute Gasteiger partial charge is 0.120 e. The summed E-state index contributed by atoms with van der Waals surface area (Å²) in [5.74, 6) is 0.885. The SMILES string of the molecule is Cc1ccc2[nH]c(-c3cccc(OCc4ccccc4)c3)c(C)c2c1. The van der Waals surface area contributed by atoms with Crippen molar-refractivity contribution in [3.63, 3.8) is 0 Å². The Morgan fingerprint density at radius 1 is 0.840 bits per heavy atom. The molecule has 0 aliphatic carbocycles. The van der Waals surface area contributed by atoms with Crippen LogP contribution in [0.1, 0.15) is 16.7 Å². The van der Waals surface area contributed by atoms with Crippen LogP contribution in [0.4, 0.5) is 0 Å². The Kier molecular flexibility index (Phi) is 4.02. The first-order valence-corrected chi connectivity index (χ1v) is 8.57. The zero-order valence-corrected chi connectivity index (χ0v) is 14.5. The highest BCUT2D eigenvalue weighted by Crippen LogP contribution is 2.32. The summed E-state index contributed by atoms with van der Waals surface area (Å²) in [5, 5.41) is 1.28. The Morgan fingerprint density at radius 3 is 2.52 bits per heavy atom. The van der Waals surface area contributed by atoms with Crippen LogP contribution in [-0.4, -0.2) is 4.98 Å². The summed E-state index contributed by atoms with van der Waals surface area (Å²) in [4.78, 5) is 3.55. The van der Waals surface area contributed by atoms with Crippen molar-refractivity contribution in [1.29, 1.82) is 0 Å². The van der Waals surface area contributed by atoms with Gasteiger partial charge in [-0.3, -0.25) is 0 Å². The number of hydrogen-bond donors (Lipinski definition) is 1. The van der Waals surface area contributed by atoms with Crippen molar-refractivity contribution < 1.29 is 4.74 Å². The van der Waals surface area contributed by atoms with E-state index in [4.69, 9.17) is 4.74 Å². The first kappa shape index (κ1) is 15.5. The molecule has 4 rings (SSSR count). The van der Waals surface area contributed by atoms with E-state index in [2.05, 4.69) is 61.3 Å². The lowest BCUT2D eigenvalue weighted by molar-refractivity contribution is 0.306. The van der Waals surface area contributed by atoms with Crippen LogP contribution in [0.3, 0.4) is 0 Å². The maximum atomic E-state index is 5.97. The zero-order chi connectivity index (χ0) is 17.2. The maximum absolute atomic E-state index is 5.97. The number of benzene rings is 3. The minimum Gasteiger partial charge on any atom is -0.489 e. The summed E-state index contributed by atoms with van der Waals surface area (Å²) in [6.45, 7) is 4.88. The number of rotatable bonds is 4. The molecule has 124 valence electrons. The summed E-state index contributed by atoms with van der Waals surface area (Å²) in [5.41, 5.74) is 7.21. The van der Waals surface area contributed by atoms with Crippen LogP contribution in [0, 0.1) is 13.8 Å². The van der Waals surface area contributed by atoms with Crippen LogP contribution in [-0.2, 0) is 6.61 Å². The number of aryl methyl sites for hydroxylation is 2. The van der Waals surface area contributed by atoms with Gasteiger partial charge >= 0.3 is 0 Å². The number of aromatic amines is 1. The summed E-state index contributed by atoms with van der Waals surface area (Å²) in [7, 11) is 0. The molecule has 3 aromatic carbocycles. The lowest BCUT2D eigenvalue weighted by atomic mass is 10.1. The van der Waals surface area contributed by atoms with E-state index in [0.717, 1.165) is 17.0 Å². The third-order valence-corrected chi connectivity index (χ3v) is 4.58. The molecule has 0 spiro atoms. The molecule has 1 heterocycles. The van der Waals surface area contributed by atoms with Gasteiger partial charge in [-0.1, -0.05) is 54.1 Å². The van der Waals surface area contributed by atoms with E-state index in [0.29, 0.717) is 6.61 Å². The molecule has 0 aliphatic rings. The fourth-order valence-electron chi connectivity index (χ4n) is 3.21. The van der Waals surface area contributed by atoms with E-state index in [-0.39, 0.29) is 0 Å². The third-order valence-electron chi connectivity index (χ3n) is 4.58. The first-order chi connectivity index (χ1) is 12.2. The van der Waals surface area contributed by atoms with Gasteiger partial charge in [0.05, 0.1) is 0 Å². The fraction of sp³-hybridized carbons (Fsp3) is 0.130. The van der Waals surface area contributed by atoms with Crippen molar-refractivity contribution in [3.05, 3.63) is 89.5 Å². The lowest BCUT2D eigenvalue weighted by Crippen LogP contribution is -1.95.